The number of methoxy groups -OCH3 is 1. The molecule has 0 aromatic heterocycles. The zero-order valence-electron chi connectivity index (χ0n) is 9.59. The van der Waals surface area contributed by atoms with Crippen molar-refractivity contribution in [2.45, 2.75) is 31.0 Å². The second kappa shape index (κ2) is 4.97. The van der Waals surface area contributed by atoms with Gasteiger partial charge in [0.05, 0.1) is 7.11 Å². The van der Waals surface area contributed by atoms with Gasteiger partial charge >= 0.3 is 0 Å². The molecule has 0 saturated carbocycles. The Labute approximate surface area is 110 Å². The summed E-state index contributed by atoms with van der Waals surface area (Å²) in [5, 5.41) is 0.853. The number of halogens is 2. The van der Waals surface area contributed by atoms with Crippen molar-refractivity contribution in [3.8, 4) is 5.75 Å². The highest BCUT2D eigenvalue weighted by Crippen LogP contribution is 2.44. The molecule has 0 bridgehead atoms. The fraction of sp³-hybridized carbons (Fsp3) is 0.538. The van der Waals surface area contributed by atoms with Gasteiger partial charge in [-0.2, -0.15) is 0 Å². The minimum atomic E-state index is 0.350. The molecule has 2 atom stereocenters. The quantitative estimate of drug-likeness (QED) is 0.537. The van der Waals surface area contributed by atoms with Crippen molar-refractivity contribution in [2.24, 2.45) is 5.92 Å². The van der Waals surface area contributed by atoms with Crippen LogP contribution in [0.5, 0.6) is 5.75 Å². The first-order valence-electron chi connectivity index (χ1n) is 5.62. The lowest BCUT2D eigenvalue weighted by molar-refractivity contribution is 0.408. The van der Waals surface area contributed by atoms with Crippen LogP contribution in [0.2, 0.25) is 5.02 Å². The van der Waals surface area contributed by atoms with Gasteiger partial charge in [-0.15, -0.1) is 0 Å². The van der Waals surface area contributed by atoms with Crippen LogP contribution in [0.1, 0.15) is 35.7 Å². The van der Waals surface area contributed by atoms with E-state index < -0.39 is 0 Å². The predicted molar refractivity (Wildman–Crippen MR) is 71.8 cm³/mol. The summed E-state index contributed by atoms with van der Waals surface area (Å²) < 4.78 is 5.43. The smallest absolute Gasteiger partial charge is 0.122 e. The number of fused-ring (bicyclic) bond motifs is 1. The number of benzene rings is 1. The summed E-state index contributed by atoms with van der Waals surface area (Å²) in [5.41, 5.74) is 2.51. The Morgan fingerprint density at radius 1 is 1.44 bits per heavy atom. The third-order valence-corrected chi connectivity index (χ3v) is 4.45. The summed E-state index contributed by atoms with van der Waals surface area (Å²) in [4.78, 5) is 0.350. The van der Waals surface area contributed by atoms with E-state index in [0.29, 0.717) is 4.83 Å². The van der Waals surface area contributed by atoms with Crippen LogP contribution in [0.4, 0.5) is 0 Å². The van der Waals surface area contributed by atoms with E-state index >= 15 is 0 Å². The van der Waals surface area contributed by atoms with Crippen LogP contribution in [0.15, 0.2) is 12.1 Å². The molecule has 1 nitrogen and oxygen atoms in total. The highest BCUT2D eigenvalue weighted by Gasteiger charge is 2.25. The second-order valence-corrected chi connectivity index (χ2v) is 6.00. The largest absolute Gasteiger partial charge is 0.496 e. The maximum atomic E-state index is 6.30. The zero-order chi connectivity index (χ0) is 11.7. The van der Waals surface area contributed by atoms with Crippen molar-refractivity contribution >= 4 is 27.5 Å². The highest BCUT2D eigenvalue weighted by molar-refractivity contribution is 9.09. The monoisotopic (exact) mass is 302 g/mol. The fourth-order valence-electron chi connectivity index (χ4n) is 2.38. The average Bonchev–Trinajstić information content (AvgIpc) is 2.39. The van der Waals surface area contributed by atoms with Crippen LogP contribution in [0.25, 0.3) is 0 Å². The molecule has 16 heavy (non-hydrogen) atoms. The SMILES string of the molecule is COc1ccc(Cl)c2c1CCC(C)CC2Br. The molecule has 0 fully saturated rings. The van der Waals surface area contributed by atoms with Crippen LogP contribution in [0, 0.1) is 5.92 Å². The molecule has 1 aromatic carbocycles. The molecule has 0 saturated heterocycles. The molecule has 0 amide bonds. The molecule has 2 unspecified atom stereocenters. The maximum Gasteiger partial charge on any atom is 0.122 e. The van der Waals surface area contributed by atoms with Crippen molar-refractivity contribution in [1.82, 2.24) is 0 Å². The van der Waals surface area contributed by atoms with Gasteiger partial charge in [-0.05, 0) is 48.4 Å². The number of hydrogen-bond donors (Lipinski definition) is 0. The molecule has 0 spiro atoms. The van der Waals surface area contributed by atoms with Gasteiger partial charge < -0.3 is 4.74 Å². The van der Waals surface area contributed by atoms with Crippen molar-refractivity contribution in [3.05, 3.63) is 28.3 Å². The van der Waals surface area contributed by atoms with Gasteiger partial charge in [0.2, 0.25) is 0 Å². The van der Waals surface area contributed by atoms with Crippen LogP contribution in [0.3, 0.4) is 0 Å². The van der Waals surface area contributed by atoms with Crippen molar-refractivity contribution in [3.63, 3.8) is 0 Å². The summed E-state index contributed by atoms with van der Waals surface area (Å²) in [6.07, 6.45) is 3.40. The van der Waals surface area contributed by atoms with E-state index in [9.17, 15) is 0 Å². The molecule has 2 rings (SSSR count). The van der Waals surface area contributed by atoms with E-state index in [2.05, 4.69) is 22.9 Å². The van der Waals surface area contributed by atoms with Crippen LogP contribution in [-0.2, 0) is 6.42 Å². The standard InChI is InChI=1S/C13H16BrClO/c1-8-3-4-9-12(16-2)6-5-11(15)13(9)10(14)7-8/h5-6,8,10H,3-4,7H2,1-2H3. The predicted octanol–water partition coefficient (Wildman–Crippen LogP) is 4.76. The molecule has 0 heterocycles. The first-order chi connectivity index (χ1) is 7.63. The highest BCUT2D eigenvalue weighted by atomic mass is 79.9. The number of ether oxygens (including phenoxy) is 1. The topological polar surface area (TPSA) is 9.23 Å². The molecule has 1 aliphatic carbocycles. The molecule has 1 aromatic rings. The summed E-state index contributed by atoms with van der Waals surface area (Å²) in [6, 6.07) is 3.90. The molecule has 3 heteroatoms. The van der Waals surface area contributed by atoms with Gasteiger partial charge in [-0.1, -0.05) is 34.5 Å². The molecule has 0 radical (unpaired) electrons. The number of hydrogen-bond acceptors (Lipinski definition) is 1. The summed E-state index contributed by atoms with van der Waals surface area (Å²) in [6.45, 7) is 2.29. The molecule has 88 valence electrons. The van der Waals surface area contributed by atoms with Gasteiger partial charge in [-0.25, -0.2) is 0 Å². The number of rotatable bonds is 1. The van der Waals surface area contributed by atoms with Crippen molar-refractivity contribution in [1.29, 1.82) is 0 Å². The molecular formula is C13H16BrClO. The first kappa shape index (κ1) is 12.3. The molecule has 1 aliphatic rings. The molecular weight excluding hydrogens is 287 g/mol. The molecule has 0 aliphatic heterocycles. The van der Waals surface area contributed by atoms with Gasteiger partial charge in [0, 0.05) is 9.85 Å². The van der Waals surface area contributed by atoms with E-state index in [0.717, 1.165) is 29.5 Å². The Morgan fingerprint density at radius 3 is 2.88 bits per heavy atom. The maximum absolute atomic E-state index is 6.30. The minimum Gasteiger partial charge on any atom is -0.496 e. The lowest BCUT2D eigenvalue weighted by atomic mass is 10.0. The van der Waals surface area contributed by atoms with Crippen LogP contribution in [-0.4, -0.2) is 7.11 Å². The summed E-state index contributed by atoms with van der Waals surface area (Å²) in [7, 11) is 1.72. The van der Waals surface area contributed by atoms with Crippen LogP contribution >= 0.6 is 27.5 Å². The van der Waals surface area contributed by atoms with Crippen molar-refractivity contribution < 1.29 is 4.74 Å². The van der Waals surface area contributed by atoms with E-state index in [-0.39, 0.29) is 0 Å². The molecule has 0 N–H and O–H groups in total. The average molecular weight is 304 g/mol. The van der Waals surface area contributed by atoms with Gasteiger partial charge in [0.15, 0.2) is 0 Å². The third-order valence-electron chi connectivity index (χ3n) is 3.29. The third kappa shape index (κ3) is 2.23. The summed E-state index contributed by atoms with van der Waals surface area (Å²) in [5.74, 6) is 1.69. The van der Waals surface area contributed by atoms with E-state index in [1.54, 1.807) is 7.11 Å². The van der Waals surface area contributed by atoms with Crippen molar-refractivity contribution in [2.75, 3.05) is 7.11 Å². The van der Waals surface area contributed by atoms with Gasteiger partial charge in [0.25, 0.3) is 0 Å². The van der Waals surface area contributed by atoms with E-state index in [1.807, 2.05) is 12.1 Å². The lowest BCUT2D eigenvalue weighted by Gasteiger charge is -2.16. The Kier molecular flexibility index (Phi) is 3.81. The van der Waals surface area contributed by atoms with Gasteiger partial charge in [0.1, 0.15) is 5.75 Å². The Morgan fingerprint density at radius 2 is 2.19 bits per heavy atom. The first-order valence-corrected chi connectivity index (χ1v) is 6.92. The number of alkyl halides is 1. The zero-order valence-corrected chi connectivity index (χ0v) is 11.9. The summed E-state index contributed by atoms with van der Waals surface area (Å²) >= 11 is 10.1. The fourth-order valence-corrected chi connectivity index (χ4v) is 3.99. The van der Waals surface area contributed by atoms with E-state index in [1.165, 1.54) is 17.5 Å². The lowest BCUT2D eigenvalue weighted by Crippen LogP contribution is -1.98. The second-order valence-electron chi connectivity index (χ2n) is 4.49. The van der Waals surface area contributed by atoms with E-state index in [4.69, 9.17) is 16.3 Å². The Bertz CT molecular complexity index is 392. The Hall–Kier alpha value is -0.210. The Balaban J connectivity index is 2.52. The minimum absolute atomic E-state index is 0.350. The van der Waals surface area contributed by atoms with Crippen LogP contribution < -0.4 is 4.74 Å². The van der Waals surface area contributed by atoms with Gasteiger partial charge in [-0.3, -0.25) is 0 Å². The normalized spacial score (nSPS) is 24.8.